The van der Waals surface area contributed by atoms with Crippen LogP contribution in [0.25, 0.3) is 11.3 Å². The summed E-state index contributed by atoms with van der Waals surface area (Å²) in [4.78, 5) is 23.3. The topological polar surface area (TPSA) is 68.5 Å². The molecule has 1 atom stereocenters. The Morgan fingerprint density at radius 3 is 2.40 bits per heavy atom. The number of halogens is 4. The molecule has 25 heavy (non-hydrogen) atoms. The van der Waals surface area contributed by atoms with E-state index >= 15 is 0 Å². The minimum atomic E-state index is -4.57. The number of alkyl halides is 3. The van der Waals surface area contributed by atoms with Crippen molar-refractivity contribution in [3.05, 3.63) is 48.0 Å². The zero-order valence-electron chi connectivity index (χ0n) is 12.9. The van der Waals surface area contributed by atoms with Gasteiger partial charge in [-0.05, 0) is 43.3 Å². The number of carbonyl (C=O) groups excluding carboxylic acids is 2. The average molecular weight is 359 g/mol. The number of benzene rings is 1. The number of nitrogens with one attached hydrogen (secondary N) is 1. The molecule has 1 heterocycles. The Balaban J connectivity index is 1.97. The van der Waals surface area contributed by atoms with Crippen LogP contribution < -0.4 is 5.32 Å². The molecule has 1 aromatic carbocycles. The van der Waals surface area contributed by atoms with Crippen molar-refractivity contribution in [2.45, 2.75) is 19.2 Å². The van der Waals surface area contributed by atoms with Crippen molar-refractivity contribution in [2.24, 2.45) is 0 Å². The van der Waals surface area contributed by atoms with Gasteiger partial charge in [0.05, 0.1) is 0 Å². The minimum absolute atomic E-state index is 0.241. The van der Waals surface area contributed by atoms with E-state index in [9.17, 15) is 27.2 Å². The molecule has 0 aliphatic carbocycles. The molecule has 134 valence electrons. The van der Waals surface area contributed by atoms with Gasteiger partial charge < -0.3 is 14.5 Å². The van der Waals surface area contributed by atoms with Gasteiger partial charge in [-0.25, -0.2) is 9.18 Å². The number of amides is 1. The summed E-state index contributed by atoms with van der Waals surface area (Å²) in [6, 6.07) is 8.03. The van der Waals surface area contributed by atoms with Crippen LogP contribution in [0.4, 0.5) is 17.6 Å². The van der Waals surface area contributed by atoms with E-state index in [-0.39, 0.29) is 11.5 Å². The highest BCUT2D eigenvalue weighted by atomic mass is 19.4. The van der Waals surface area contributed by atoms with Crippen LogP contribution in [0.5, 0.6) is 0 Å². The van der Waals surface area contributed by atoms with Crippen molar-refractivity contribution < 1.29 is 36.3 Å². The maximum absolute atomic E-state index is 12.9. The van der Waals surface area contributed by atoms with Crippen molar-refractivity contribution in [1.82, 2.24) is 5.32 Å². The fourth-order valence-corrected chi connectivity index (χ4v) is 1.82. The first-order valence-corrected chi connectivity index (χ1v) is 7.07. The molecule has 0 aliphatic rings. The van der Waals surface area contributed by atoms with Gasteiger partial charge in [-0.1, -0.05) is 0 Å². The van der Waals surface area contributed by atoms with Crippen LogP contribution in [0, 0.1) is 5.82 Å². The summed E-state index contributed by atoms with van der Waals surface area (Å²) in [7, 11) is 0. The van der Waals surface area contributed by atoms with Gasteiger partial charge in [0.25, 0.3) is 5.91 Å². The molecule has 0 radical (unpaired) electrons. The lowest BCUT2D eigenvalue weighted by molar-refractivity contribution is -0.143. The van der Waals surface area contributed by atoms with Crippen molar-refractivity contribution in [2.75, 3.05) is 6.54 Å². The van der Waals surface area contributed by atoms with Crippen LogP contribution in [-0.2, 0) is 9.53 Å². The SMILES string of the molecule is CC(OC(=O)c1ccc(-c2ccc(F)cc2)o1)C(=O)NCC(F)(F)F. The zero-order chi connectivity index (χ0) is 18.6. The maximum atomic E-state index is 12.9. The van der Waals surface area contributed by atoms with E-state index in [4.69, 9.17) is 9.15 Å². The Morgan fingerprint density at radius 2 is 1.80 bits per heavy atom. The lowest BCUT2D eigenvalue weighted by Gasteiger charge is -2.13. The highest BCUT2D eigenvalue weighted by Gasteiger charge is 2.29. The predicted octanol–water partition coefficient (Wildman–Crippen LogP) is 3.31. The summed E-state index contributed by atoms with van der Waals surface area (Å²) in [6.45, 7) is -0.392. The Kier molecular flexibility index (Phi) is 5.45. The molecule has 0 bridgehead atoms. The molecular weight excluding hydrogens is 346 g/mol. The third-order valence-electron chi connectivity index (χ3n) is 3.05. The van der Waals surface area contributed by atoms with Crippen molar-refractivity contribution in [1.29, 1.82) is 0 Å². The Morgan fingerprint density at radius 1 is 1.16 bits per heavy atom. The third kappa shape index (κ3) is 5.33. The fourth-order valence-electron chi connectivity index (χ4n) is 1.82. The number of hydrogen-bond donors (Lipinski definition) is 1. The number of hydrogen-bond acceptors (Lipinski definition) is 4. The van der Waals surface area contributed by atoms with Gasteiger partial charge in [-0.15, -0.1) is 0 Å². The lowest BCUT2D eigenvalue weighted by Crippen LogP contribution is -2.40. The molecule has 0 saturated heterocycles. The molecular formula is C16H13F4NO4. The Bertz CT molecular complexity index is 752. The molecule has 0 fully saturated rings. The normalized spacial score (nSPS) is 12.5. The lowest BCUT2D eigenvalue weighted by atomic mass is 10.2. The molecule has 1 amide bonds. The molecule has 0 spiro atoms. The maximum Gasteiger partial charge on any atom is 0.405 e. The number of rotatable bonds is 5. The standard InChI is InChI=1S/C16H13F4NO4/c1-9(14(22)21-8-16(18,19)20)24-15(23)13-7-6-12(25-13)10-2-4-11(17)5-3-10/h2-7,9H,8H2,1H3,(H,21,22). The van der Waals surface area contributed by atoms with Crippen LogP contribution in [-0.4, -0.2) is 30.7 Å². The smallest absolute Gasteiger partial charge is 0.405 e. The second-order valence-electron chi connectivity index (χ2n) is 5.05. The molecule has 1 aromatic heterocycles. The fraction of sp³-hybridized carbons (Fsp3) is 0.250. The number of esters is 1. The summed E-state index contributed by atoms with van der Waals surface area (Å²) in [5.74, 6) is -2.51. The monoisotopic (exact) mass is 359 g/mol. The van der Waals surface area contributed by atoms with E-state index in [1.807, 2.05) is 0 Å². The first-order chi connectivity index (χ1) is 11.7. The van der Waals surface area contributed by atoms with Crippen LogP contribution in [0.3, 0.4) is 0 Å². The number of ether oxygens (including phenoxy) is 1. The summed E-state index contributed by atoms with van der Waals surface area (Å²) in [6.07, 6.45) is -6.00. The van der Waals surface area contributed by atoms with E-state index in [0.29, 0.717) is 5.56 Å². The summed E-state index contributed by atoms with van der Waals surface area (Å²) in [5.41, 5.74) is 0.511. The number of carbonyl (C=O) groups is 2. The molecule has 2 rings (SSSR count). The third-order valence-corrected chi connectivity index (χ3v) is 3.05. The van der Waals surface area contributed by atoms with E-state index in [0.717, 1.165) is 6.92 Å². The van der Waals surface area contributed by atoms with Gasteiger partial charge in [-0.3, -0.25) is 4.79 Å². The first kappa shape index (κ1) is 18.5. The van der Waals surface area contributed by atoms with Gasteiger partial charge >= 0.3 is 12.1 Å². The van der Waals surface area contributed by atoms with Crippen molar-refractivity contribution in [3.8, 4) is 11.3 Å². The Hall–Kier alpha value is -2.84. The molecule has 1 unspecified atom stereocenters. The second kappa shape index (κ2) is 7.37. The van der Waals surface area contributed by atoms with Crippen LogP contribution >= 0.6 is 0 Å². The molecule has 1 N–H and O–H groups in total. The van der Waals surface area contributed by atoms with E-state index in [1.54, 1.807) is 5.32 Å². The molecule has 5 nitrogen and oxygen atoms in total. The highest BCUT2D eigenvalue weighted by Crippen LogP contribution is 2.23. The summed E-state index contributed by atoms with van der Waals surface area (Å²) >= 11 is 0. The van der Waals surface area contributed by atoms with Crippen LogP contribution in [0.2, 0.25) is 0 Å². The van der Waals surface area contributed by atoms with Crippen molar-refractivity contribution >= 4 is 11.9 Å². The van der Waals surface area contributed by atoms with Gasteiger partial charge in [0.15, 0.2) is 6.10 Å². The average Bonchev–Trinajstić information content (AvgIpc) is 3.02. The van der Waals surface area contributed by atoms with Crippen LogP contribution in [0.15, 0.2) is 40.8 Å². The van der Waals surface area contributed by atoms with E-state index in [2.05, 4.69) is 0 Å². The quantitative estimate of drug-likeness (QED) is 0.657. The van der Waals surface area contributed by atoms with Gasteiger partial charge in [-0.2, -0.15) is 13.2 Å². The minimum Gasteiger partial charge on any atom is -0.449 e. The number of furan rings is 1. The van der Waals surface area contributed by atoms with Gasteiger partial charge in [0.2, 0.25) is 5.76 Å². The highest BCUT2D eigenvalue weighted by molar-refractivity contribution is 5.90. The summed E-state index contributed by atoms with van der Waals surface area (Å²) in [5, 5.41) is 1.61. The first-order valence-electron chi connectivity index (χ1n) is 7.07. The Labute approximate surface area is 139 Å². The van der Waals surface area contributed by atoms with E-state index < -0.39 is 36.5 Å². The summed E-state index contributed by atoms with van der Waals surface area (Å²) < 4.78 is 59.0. The molecule has 0 saturated carbocycles. The second-order valence-corrected chi connectivity index (χ2v) is 5.05. The van der Waals surface area contributed by atoms with Crippen LogP contribution in [0.1, 0.15) is 17.5 Å². The largest absolute Gasteiger partial charge is 0.449 e. The van der Waals surface area contributed by atoms with Crippen molar-refractivity contribution in [3.63, 3.8) is 0 Å². The molecule has 9 heteroatoms. The van der Waals surface area contributed by atoms with Gasteiger partial charge in [0.1, 0.15) is 18.1 Å². The van der Waals surface area contributed by atoms with Gasteiger partial charge in [0, 0.05) is 5.56 Å². The van der Waals surface area contributed by atoms with E-state index in [1.165, 1.54) is 36.4 Å². The molecule has 0 aliphatic heterocycles. The zero-order valence-corrected chi connectivity index (χ0v) is 12.9. The predicted molar refractivity (Wildman–Crippen MR) is 78.0 cm³/mol. The molecule has 2 aromatic rings.